The quantitative estimate of drug-likeness (QED) is 0.558. The van der Waals surface area contributed by atoms with E-state index < -0.39 is 18.2 Å². The molecule has 0 aliphatic carbocycles. The lowest BCUT2D eigenvalue weighted by Gasteiger charge is -2.18. The number of carbonyl (C=O) groups excluding carboxylic acids is 2. The summed E-state index contributed by atoms with van der Waals surface area (Å²) in [6, 6.07) is 8.26. The van der Waals surface area contributed by atoms with Gasteiger partial charge in [-0.15, -0.1) is 0 Å². The maximum atomic E-state index is 13.5. The summed E-state index contributed by atoms with van der Waals surface area (Å²) in [5.41, 5.74) is 1.28. The Morgan fingerprint density at radius 3 is 1.80 bits per heavy atom. The SMILES string of the molecule is CCP(=O)(C(=O)c1c(C)cc(C)cc1C)C(=O)c1c(Cl)cccc1Cl. The zero-order valence-corrected chi connectivity index (χ0v) is 16.9. The molecule has 0 saturated heterocycles. The third-order valence-electron chi connectivity index (χ3n) is 4.17. The molecule has 2 aromatic carbocycles. The van der Waals surface area contributed by atoms with Gasteiger partial charge in [0.05, 0.1) is 15.6 Å². The molecule has 0 saturated carbocycles. The van der Waals surface area contributed by atoms with Crippen molar-refractivity contribution >= 4 is 41.4 Å². The minimum Gasteiger partial charge on any atom is -0.307 e. The van der Waals surface area contributed by atoms with Crippen molar-refractivity contribution in [3.8, 4) is 0 Å². The molecule has 0 radical (unpaired) electrons. The Bertz CT molecular complexity index is 876. The van der Waals surface area contributed by atoms with Crippen LogP contribution in [0.1, 0.15) is 44.3 Å². The van der Waals surface area contributed by atoms with Gasteiger partial charge in [0.1, 0.15) is 0 Å². The van der Waals surface area contributed by atoms with Crippen LogP contribution in [0.25, 0.3) is 0 Å². The maximum absolute atomic E-state index is 13.5. The first kappa shape index (κ1) is 19.9. The molecule has 0 heterocycles. The Morgan fingerprint density at radius 2 is 1.36 bits per heavy atom. The molecule has 25 heavy (non-hydrogen) atoms. The fourth-order valence-corrected chi connectivity index (χ4v) is 5.74. The number of rotatable bonds is 5. The molecule has 0 spiro atoms. The minimum absolute atomic E-state index is 0.0493. The number of hydrogen-bond donors (Lipinski definition) is 0. The Hall–Kier alpha value is -1.41. The van der Waals surface area contributed by atoms with Crippen LogP contribution >= 0.6 is 30.3 Å². The van der Waals surface area contributed by atoms with E-state index in [-0.39, 0.29) is 21.8 Å². The normalized spacial score (nSPS) is 13.4. The molecule has 0 fully saturated rings. The van der Waals surface area contributed by atoms with Crippen molar-refractivity contribution in [2.45, 2.75) is 27.7 Å². The summed E-state index contributed by atoms with van der Waals surface area (Å²) >= 11 is 12.2. The molecule has 2 rings (SSSR count). The molecule has 1 unspecified atom stereocenters. The summed E-state index contributed by atoms with van der Waals surface area (Å²) in [6.07, 6.45) is -0.0844. The van der Waals surface area contributed by atoms with E-state index in [0.29, 0.717) is 16.7 Å². The van der Waals surface area contributed by atoms with E-state index in [9.17, 15) is 14.2 Å². The van der Waals surface area contributed by atoms with Crippen LogP contribution in [0.4, 0.5) is 0 Å². The van der Waals surface area contributed by atoms with Gasteiger partial charge in [-0.1, -0.05) is 53.9 Å². The van der Waals surface area contributed by atoms with Gasteiger partial charge in [0, 0.05) is 11.7 Å². The van der Waals surface area contributed by atoms with Crippen LogP contribution in [-0.2, 0) is 4.57 Å². The highest BCUT2D eigenvalue weighted by Crippen LogP contribution is 2.54. The van der Waals surface area contributed by atoms with Gasteiger partial charge in [0.2, 0.25) is 18.2 Å². The van der Waals surface area contributed by atoms with Gasteiger partial charge in [0.25, 0.3) is 0 Å². The Morgan fingerprint density at radius 1 is 0.920 bits per heavy atom. The van der Waals surface area contributed by atoms with E-state index in [2.05, 4.69) is 0 Å². The lowest BCUT2D eigenvalue weighted by atomic mass is 10.0. The molecule has 2 aromatic rings. The molecular weight excluding hydrogens is 378 g/mol. The summed E-state index contributed by atoms with van der Waals surface area (Å²) in [7, 11) is -3.90. The first-order valence-corrected chi connectivity index (χ1v) is 10.5. The summed E-state index contributed by atoms with van der Waals surface area (Å²) in [5.74, 6) is 0. The van der Waals surface area contributed by atoms with Crippen molar-refractivity contribution in [1.29, 1.82) is 0 Å². The second kappa shape index (κ2) is 7.45. The molecule has 0 aliphatic heterocycles. The van der Waals surface area contributed by atoms with E-state index in [1.165, 1.54) is 12.1 Å². The molecular formula is C19H19Cl2O3P. The number of benzene rings is 2. The summed E-state index contributed by atoms with van der Waals surface area (Å²) in [5, 5.41) is 0.188. The standard InChI is InChI=1S/C19H19Cl2O3P/c1-5-25(24,19(23)17-14(20)7-6-8-15(17)21)18(22)16-12(3)9-11(2)10-13(16)4/h6-10H,5H2,1-4H3. The van der Waals surface area contributed by atoms with Gasteiger partial charge >= 0.3 is 0 Å². The first-order valence-electron chi connectivity index (χ1n) is 7.84. The van der Waals surface area contributed by atoms with Crippen LogP contribution in [0.5, 0.6) is 0 Å². The van der Waals surface area contributed by atoms with E-state index in [1.54, 1.807) is 26.8 Å². The average Bonchev–Trinajstić information content (AvgIpc) is 2.52. The highest BCUT2D eigenvalue weighted by molar-refractivity contribution is 7.95. The van der Waals surface area contributed by atoms with Crippen LogP contribution in [0.15, 0.2) is 30.3 Å². The lowest BCUT2D eigenvalue weighted by molar-refractivity contribution is 0.103. The fraction of sp³-hybridized carbons (Fsp3) is 0.263. The molecule has 132 valence electrons. The molecule has 1 atom stereocenters. The van der Waals surface area contributed by atoms with Crippen LogP contribution in [-0.4, -0.2) is 17.2 Å². The van der Waals surface area contributed by atoms with E-state index >= 15 is 0 Å². The van der Waals surface area contributed by atoms with Gasteiger partial charge < -0.3 is 4.57 Å². The predicted molar refractivity (Wildman–Crippen MR) is 104 cm³/mol. The monoisotopic (exact) mass is 396 g/mol. The van der Waals surface area contributed by atoms with Crippen molar-refractivity contribution in [3.05, 3.63) is 68.2 Å². The summed E-state index contributed by atoms with van der Waals surface area (Å²) in [4.78, 5) is 26.1. The maximum Gasteiger partial charge on any atom is 0.231 e. The largest absolute Gasteiger partial charge is 0.307 e. The molecule has 0 aromatic heterocycles. The van der Waals surface area contributed by atoms with Crippen LogP contribution in [0.3, 0.4) is 0 Å². The highest BCUT2D eigenvalue weighted by atomic mass is 35.5. The number of hydrogen-bond acceptors (Lipinski definition) is 3. The zero-order valence-electron chi connectivity index (χ0n) is 14.5. The summed E-state index contributed by atoms with van der Waals surface area (Å²) in [6.45, 7) is 7.04. The molecule has 3 nitrogen and oxygen atoms in total. The van der Waals surface area contributed by atoms with Gasteiger partial charge in [-0.25, -0.2) is 0 Å². The second-order valence-electron chi connectivity index (χ2n) is 6.04. The fourth-order valence-electron chi connectivity index (χ4n) is 2.96. The first-order chi connectivity index (χ1) is 11.6. The van der Waals surface area contributed by atoms with Crippen molar-refractivity contribution in [3.63, 3.8) is 0 Å². The van der Waals surface area contributed by atoms with Gasteiger partial charge in [-0.2, -0.15) is 0 Å². The topological polar surface area (TPSA) is 51.2 Å². The number of halogens is 2. The smallest absolute Gasteiger partial charge is 0.231 e. The van der Waals surface area contributed by atoms with Gasteiger partial charge in [-0.3, -0.25) is 9.59 Å². The van der Waals surface area contributed by atoms with Crippen LogP contribution in [0, 0.1) is 20.8 Å². The third kappa shape index (κ3) is 3.60. The molecule has 0 bridgehead atoms. The lowest BCUT2D eigenvalue weighted by Crippen LogP contribution is -2.15. The Balaban J connectivity index is 2.63. The van der Waals surface area contributed by atoms with Crippen molar-refractivity contribution in [2.75, 3.05) is 6.16 Å². The molecule has 6 heteroatoms. The van der Waals surface area contributed by atoms with E-state index in [1.807, 2.05) is 19.1 Å². The van der Waals surface area contributed by atoms with Gasteiger partial charge in [-0.05, 0) is 44.0 Å². The highest BCUT2D eigenvalue weighted by Gasteiger charge is 2.41. The third-order valence-corrected chi connectivity index (χ3v) is 7.45. The second-order valence-corrected chi connectivity index (χ2v) is 9.78. The predicted octanol–water partition coefficient (Wildman–Crippen LogP) is 6.28. The number of aryl methyl sites for hydroxylation is 3. The summed E-state index contributed by atoms with van der Waals surface area (Å²) < 4.78 is 13.5. The Labute approximate surface area is 157 Å². The van der Waals surface area contributed by atoms with Crippen molar-refractivity contribution in [2.24, 2.45) is 0 Å². The van der Waals surface area contributed by atoms with Gasteiger partial charge in [0.15, 0.2) is 0 Å². The Kier molecular flexibility index (Phi) is 5.93. The molecule has 0 aliphatic rings. The van der Waals surface area contributed by atoms with Crippen molar-refractivity contribution in [1.82, 2.24) is 0 Å². The van der Waals surface area contributed by atoms with Crippen LogP contribution < -0.4 is 0 Å². The zero-order chi connectivity index (χ0) is 18.9. The number of carbonyl (C=O) groups is 2. The minimum atomic E-state index is -3.90. The molecule has 0 N–H and O–H groups in total. The van der Waals surface area contributed by atoms with Crippen molar-refractivity contribution < 1.29 is 14.2 Å². The van der Waals surface area contributed by atoms with E-state index in [0.717, 1.165) is 5.56 Å². The van der Waals surface area contributed by atoms with E-state index in [4.69, 9.17) is 23.2 Å². The average molecular weight is 397 g/mol. The van der Waals surface area contributed by atoms with Crippen LogP contribution in [0.2, 0.25) is 10.0 Å². The molecule has 0 amide bonds.